The molecule has 8 nitrogen and oxygen atoms in total. The summed E-state index contributed by atoms with van der Waals surface area (Å²) in [6.07, 6.45) is 5.31. The number of aromatic nitrogens is 2. The molecular formula is C21H24N6O2. The first-order chi connectivity index (χ1) is 14.2. The highest BCUT2D eigenvalue weighted by Gasteiger charge is 2.17. The molecule has 0 atom stereocenters. The standard InChI is InChI=1S/C21H24N6O2/c1-2-23-21(28)26-20-12-16-17(14-24-20)18(25-15-4-3-7-22-13-15)5-6-19(16)27-8-10-29-11-9-27/h3-7,12-14,25H,2,8-11H2,1H3,(H2,23,24,26,28). The number of carbonyl (C=O) groups excluding carboxylic acids is 1. The Hall–Kier alpha value is -3.39. The predicted octanol–water partition coefficient (Wildman–Crippen LogP) is 3.35. The number of rotatable bonds is 5. The van der Waals surface area contributed by atoms with Gasteiger partial charge in [-0.15, -0.1) is 0 Å². The molecule has 1 aliphatic rings. The van der Waals surface area contributed by atoms with Crippen molar-refractivity contribution in [2.24, 2.45) is 0 Å². The van der Waals surface area contributed by atoms with E-state index >= 15 is 0 Å². The van der Waals surface area contributed by atoms with E-state index in [1.54, 1.807) is 18.6 Å². The second-order valence-corrected chi connectivity index (χ2v) is 6.70. The fourth-order valence-electron chi connectivity index (χ4n) is 3.39. The minimum atomic E-state index is -0.267. The van der Waals surface area contributed by atoms with Crippen LogP contribution in [-0.2, 0) is 4.74 Å². The van der Waals surface area contributed by atoms with Crippen LogP contribution in [0.15, 0.2) is 48.9 Å². The van der Waals surface area contributed by atoms with Crippen molar-refractivity contribution in [2.75, 3.05) is 48.4 Å². The summed E-state index contributed by atoms with van der Waals surface area (Å²) in [5.41, 5.74) is 2.93. The number of nitrogens with one attached hydrogen (secondary N) is 3. The molecule has 0 aliphatic carbocycles. The van der Waals surface area contributed by atoms with Gasteiger partial charge >= 0.3 is 6.03 Å². The monoisotopic (exact) mass is 392 g/mol. The number of anilines is 4. The summed E-state index contributed by atoms with van der Waals surface area (Å²) >= 11 is 0. The average Bonchev–Trinajstić information content (AvgIpc) is 2.75. The number of ether oxygens (including phenoxy) is 1. The molecule has 1 aliphatic heterocycles. The van der Waals surface area contributed by atoms with Crippen LogP contribution >= 0.6 is 0 Å². The highest BCUT2D eigenvalue weighted by atomic mass is 16.5. The third kappa shape index (κ3) is 4.38. The molecule has 1 fully saturated rings. The molecule has 150 valence electrons. The first-order valence-corrected chi connectivity index (χ1v) is 9.72. The Kier molecular flexibility index (Phi) is 5.71. The molecule has 4 rings (SSSR count). The quantitative estimate of drug-likeness (QED) is 0.617. The van der Waals surface area contributed by atoms with Crippen LogP contribution in [0.25, 0.3) is 10.8 Å². The minimum absolute atomic E-state index is 0.267. The molecule has 3 N–H and O–H groups in total. The number of amides is 2. The molecule has 0 spiro atoms. The predicted molar refractivity (Wildman–Crippen MR) is 115 cm³/mol. The summed E-state index contributed by atoms with van der Waals surface area (Å²) in [6, 6.07) is 9.66. The number of urea groups is 1. The number of fused-ring (bicyclic) bond motifs is 1. The van der Waals surface area contributed by atoms with Crippen LogP contribution in [0.3, 0.4) is 0 Å². The lowest BCUT2D eigenvalue weighted by Gasteiger charge is -2.30. The summed E-state index contributed by atoms with van der Waals surface area (Å²) in [5, 5.41) is 10.9. The molecule has 1 saturated heterocycles. The van der Waals surface area contributed by atoms with Crippen LogP contribution in [0.1, 0.15) is 6.92 Å². The molecule has 0 radical (unpaired) electrons. The average molecular weight is 392 g/mol. The van der Waals surface area contributed by atoms with Crippen molar-refractivity contribution < 1.29 is 9.53 Å². The molecule has 2 aromatic heterocycles. The van der Waals surface area contributed by atoms with E-state index in [-0.39, 0.29) is 6.03 Å². The second kappa shape index (κ2) is 8.74. The van der Waals surface area contributed by atoms with Crippen LogP contribution in [-0.4, -0.2) is 48.8 Å². The Morgan fingerprint density at radius 1 is 1.17 bits per heavy atom. The molecule has 3 heterocycles. The fraction of sp³-hybridized carbons (Fsp3) is 0.286. The highest BCUT2D eigenvalue weighted by Crippen LogP contribution is 2.35. The van der Waals surface area contributed by atoms with Gasteiger partial charge in [0.05, 0.1) is 25.1 Å². The van der Waals surface area contributed by atoms with E-state index in [1.165, 1.54) is 0 Å². The SMILES string of the molecule is CCNC(=O)Nc1cc2c(N3CCOCC3)ccc(Nc3cccnc3)c2cn1. The van der Waals surface area contributed by atoms with Gasteiger partial charge in [0.2, 0.25) is 0 Å². The van der Waals surface area contributed by atoms with E-state index in [2.05, 4.69) is 43.0 Å². The fourth-order valence-corrected chi connectivity index (χ4v) is 3.39. The largest absolute Gasteiger partial charge is 0.378 e. The summed E-state index contributed by atoms with van der Waals surface area (Å²) in [7, 11) is 0. The van der Waals surface area contributed by atoms with Crippen molar-refractivity contribution in [2.45, 2.75) is 6.92 Å². The Morgan fingerprint density at radius 2 is 2.03 bits per heavy atom. The number of hydrogen-bond acceptors (Lipinski definition) is 6. The molecule has 2 amide bonds. The van der Waals surface area contributed by atoms with E-state index in [0.717, 1.165) is 40.9 Å². The van der Waals surface area contributed by atoms with Gasteiger partial charge in [-0.2, -0.15) is 0 Å². The smallest absolute Gasteiger partial charge is 0.320 e. The third-order valence-corrected chi connectivity index (χ3v) is 4.75. The molecule has 1 aromatic carbocycles. The van der Waals surface area contributed by atoms with Crippen molar-refractivity contribution in [3.05, 3.63) is 48.9 Å². The van der Waals surface area contributed by atoms with Gasteiger partial charge < -0.3 is 20.3 Å². The van der Waals surface area contributed by atoms with E-state index in [4.69, 9.17) is 4.74 Å². The maximum absolute atomic E-state index is 11.9. The molecule has 0 bridgehead atoms. The first kappa shape index (κ1) is 18.9. The lowest BCUT2D eigenvalue weighted by atomic mass is 10.1. The number of hydrogen-bond donors (Lipinski definition) is 3. The lowest BCUT2D eigenvalue weighted by Crippen LogP contribution is -2.36. The van der Waals surface area contributed by atoms with E-state index in [9.17, 15) is 4.79 Å². The Bertz CT molecular complexity index is 989. The Balaban J connectivity index is 1.74. The Morgan fingerprint density at radius 3 is 2.79 bits per heavy atom. The summed E-state index contributed by atoms with van der Waals surface area (Å²) in [5.74, 6) is 0.511. The third-order valence-electron chi connectivity index (χ3n) is 4.75. The number of pyridine rings is 2. The van der Waals surface area contributed by atoms with Gasteiger partial charge in [-0.3, -0.25) is 10.3 Å². The normalized spacial score (nSPS) is 13.9. The zero-order valence-corrected chi connectivity index (χ0v) is 16.3. The summed E-state index contributed by atoms with van der Waals surface area (Å²) < 4.78 is 5.50. The van der Waals surface area contributed by atoms with Gasteiger partial charge in [0.25, 0.3) is 0 Å². The topological polar surface area (TPSA) is 91.4 Å². The number of morpholine rings is 1. The van der Waals surface area contributed by atoms with Crippen LogP contribution in [0.4, 0.5) is 27.7 Å². The minimum Gasteiger partial charge on any atom is -0.378 e. The maximum atomic E-state index is 11.9. The van der Waals surface area contributed by atoms with Gasteiger partial charge in [0.15, 0.2) is 0 Å². The number of nitrogens with zero attached hydrogens (tertiary/aromatic N) is 3. The van der Waals surface area contributed by atoms with Crippen molar-refractivity contribution in [1.82, 2.24) is 15.3 Å². The molecule has 0 saturated carbocycles. The first-order valence-electron chi connectivity index (χ1n) is 9.72. The van der Waals surface area contributed by atoms with Gasteiger partial charge in [0, 0.05) is 54.2 Å². The van der Waals surface area contributed by atoms with Crippen molar-refractivity contribution in [1.29, 1.82) is 0 Å². The van der Waals surface area contributed by atoms with Gasteiger partial charge in [-0.1, -0.05) is 0 Å². The number of carbonyl (C=O) groups is 1. The van der Waals surface area contributed by atoms with Crippen molar-refractivity contribution >= 4 is 39.7 Å². The highest BCUT2D eigenvalue weighted by molar-refractivity contribution is 6.04. The van der Waals surface area contributed by atoms with E-state index in [1.807, 2.05) is 25.1 Å². The number of benzene rings is 1. The zero-order valence-electron chi connectivity index (χ0n) is 16.3. The van der Waals surface area contributed by atoms with E-state index < -0.39 is 0 Å². The molecule has 8 heteroatoms. The van der Waals surface area contributed by atoms with Crippen LogP contribution in [0.2, 0.25) is 0 Å². The second-order valence-electron chi connectivity index (χ2n) is 6.70. The van der Waals surface area contributed by atoms with Crippen LogP contribution in [0.5, 0.6) is 0 Å². The molecular weight excluding hydrogens is 368 g/mol. The van der Waals surface area contributed by atoms with Gasteiger partial charge in [-0.05, 0) is 37.3 Å². The van der Waals surface area contributed by atoms with Crippen molar-refractivity contribution in [3.8, 4) is 0 Å². The maximum Gasteiger partial charge on any atom is 0.320 e. The molecule has 29 heavy (non-hydrogen) atoms. The van der Waals surface area contributed by atoms with Gasteiger partial charge in [-0.25, -0.2) is 9.78 Å². The van der Waals surface area contributed by atoms with Crippen LogP contribution < -0.4 is 20.9 Å². The molecule has 0 unspecified atom stereocenters. The summed E-state index contributed by atoms with van der Waals surface area (Å²) in [4.78, 5) is 22.8. The lowest BCUT2D eigenvalue weighted by molar-refractivity contribution is 0.123. The van der Waals surface area contributed by atoms with Crippen molar-refractivity contribution in [3.63, 3.8) is 0 Å². The van der Waals surface area contributed by atoms with E-state index in [0.29, 0.717) is 25.6 Å². The van der Waals surface area contributed by atoms with Crippen LogP contribution in [0, 0.1) is 0 Å². The zero-order chi connectivity index (χ0) is 20.1. The Labute approximate surface area is 169 Å². The molecule has 3 aromatic rings. The summed E-state index contributed by atoms with van der Waals surface area (Å²) in [6.45, 7) is 5.48. The van der Waals surface area contributed by atoms with Gasteiger partial charge in [0.1, 0.15) is 5.82 Å².